The summed E-state index contributed by atoms with van der Waals surface area (Å²) in [7, 11) is 0. The number of ketones is 1. The van der Waals surface area contributed by atoms with E-state index in [0.717, 1.165) is 17.4 Å². The first kappa shape index (κ1) is 27.4. The number of rotatable bonds is 8. The minimum Gasteiger partial charge on any atom is -0.461 e. The monoisotopic (exact) mass is 522 g/mol. The van der Waals surface area contributed by atoms with Crippen molar-refractivity contribution in [2.45, 2.75) is 83.0 Å². The Labute approximate surface area is 234 Å². The van der Waals surface area contributed by atoms with Crippen molar-refractivity contribution < 1.29 is 14.3 Å². The van der Waals surface area contributed by atoms with Gasteiger partial charge in [-0.1, -0.05) is 106 Å². The van der Waals surface area contributed by atoms with Gasteiger partial charge >= 0.3 is 5.97 Å². The van der Waals surface area contributed by atoms with Crippen LogP contribution in [0.3, 0.4) is 0 Å². The minimum absolute atomic E-state index is 0.0142. The van der Waals surface area contributed by atoms with Gasteiger partial charge in [-0.2, -0.15) is 0 Å². The normalized spacial score (nSPS) is 24.1. The number of ether oxygens (including phenoxy) is 1. The smallest absolute Gasteiger partial charge is 0.338 e. The third-order valence-electron chi connectivity index (χ3n) is 9.22. The van der Waals surface area contributed by atoms with E-state index in [1.165, 1.54) is 62.5 Å². The molecule has 3 aromatic rings. The van der Waals surface area contributed by atoms with Crippen molar-refractivity contribution in [2.75, 3.05) is 6.61 Å². The van der Waals surface area contributed by atoms with Crippen molar-refractivity contribution in [3.8, 4) is 0 Å². The minimum atomic E-state index is -0.542. The molecule has 0 aromatic heterocycles. The van der Waals surface area contributed by atoms with Gasteiger partial charge in [-0.05, 0) is 78.2 Å². The number of Topliss-reactive ketones (excluding diaryl/α,β-unsaturated/α-hetero) is 1. The summed E-state index contributed by atoms with van der Waals surface area (Å²) in [6.45, 7) is 4.68. The molecule has 1 atom stereocenters. The lowest BCUT2D eigenvalue weighted by Gasteiger charge is -2.26. The van der Waals surface area contributed by atoms with Crippen LogP contribution < -0.4 is 0 Å². The highest BCUT2D eigenvalue weighted by Gasteiger charge is 2.26. The van der Waals surface area contributed by atoms with E-state index in [0.29, 0.717) is 23.0 Å². The molecule has 2 aliphatic rings. The highest BCUT2D eigenvalue weighted by molar-refractivity contribution is 6.01. The molecule has 0 heterocycles. The molecule has 0 aliphatic heterocycles. The van der Waals surface area contributed by atoms with Gasteiger partial charge in [-0.15, -0.1) is 0 Å². The number of carbonyl (C=O) groups is 2. The van der Waals surface area contributed by atoms with Crippen LogP contribution in [-0.4, -0.2) is 18.4 Å². The van der Waals surface area contributed by atoms with Crippen LogP contribution in [-0.2, 0) is 4.74 Å². The van der Waals surface area contributed by atoms with E-state index in [9.17, 15) is 9.59 Å². The molecule has 5 rings (SSSR count). The molecule has 3 nitrogen and oxygen atoms in total. The Bertz CT molecular complexity index is 1210. The van der Waals surface area contributed by atoms with Gasteiger partial charge in [0, 0.05) is 5.56 Å². The topological polar surface area (TPSA) is 43.4 Å². The van der Waals surface area contributed by atoms with Crippen LogP contribution in [0.2, 0.25) is 0 Å². The second kappa shape index (κ2) is 12.8. The summed E-state index contributed by atoms with van der Waals surface area (Å²) in [6.07, 6.45) is 9.96. The van der Waals surface area contributed by atoms with Crippen LogP contribution >= 0.6 is 0 Å². The molecule has 0 saturated heterocycles. The Kier molecular flexibility index (Phi) is 8.96. The lowest BCUT2D eigenvalue weighted by molar-refractivity contribution is 0.0472. The van der Waals surface area contributed by atoms with Crippen LogP contribution in [0.4, 0.5) is 0 Å². The van der Waals surface area contributed by atoms with Crippen molar-refractivity contribution in [3.05, 3.63) is 107 Å². The molecule has 0 spiro atoms. The molecule has 3 heteroatoms. The maximum Gasteiger partial charge on any atom is 0.338 e. The summed E-state index contributed by atoms with van der Waals surface area (Å²) in [5.74, 6) is 1.86. The largest absolute Gasteiger partial charge is 0.461 e. The molecule has 0 radical (unpaired) electrons. The number of hydrogen-bond donors (Lipinski definition) is 0. The highest BCUT2D eigenvalue weighted by atomic mass is 16.5. The van der Waals surface area contributed by atoms with Crippen molar-refractivity contribution in [3.63, 3.8) is 0 Å². The Morgan fingerprint density at radius 2 is 1.10 bits per heavy atom. The van der Waals surface area contributed by atoms with E-state index in [1.807, 2.05) is 54.6 Å². The zero-order valence-corrected chi connectivity index (χ0v) is 23.5. The fourth-order valence-corrected chi connectivity index (χ4v) is 6.45. The van der Waals surface area contributed by atoms with Crippen molar-refractivity contribution in [1.29, 1.82) is 0 Å². The van der Waals surface area contributed by atoms with E-state index in [2.05, 4.69) is 38.1 Å². The van der Waals surface area contributed by atoms with E-state index < -0.39 is 5.92 Å². The summed E-state index contributed by atoms with van der Waals surface area (Å²) in [5, 5.41) is 0. The molecule has 3 aromatic carbocycles. The zero-order valence-electron chi connectivity index (χ0n) is 23.5. The van der Waals surface area contributed by atoms with Gasteiger partial charge in [-0.25, -0.2) is 4.79 Å². The molecule has 0 bridgehead atoms. The highest BCUT2D eigenvalue weighted by Crippen LogP contribution is 2.37. The molecule has 39 heavy (non-hydrogen) atoms. The molecule has 2 fully saturated rings. The summed E-state index contributed by atoms with van der Waals surface area (Å²) in [5.41, 5.74) is 4.70. The zero-order chi connectivity index (χ0) is 27.2. The molecular weight excluding hydrogens is 480 g/mol. The van der Waals surface area contributed by atoms with Crippen LogP contribution in [0.25, 0.3) is 0 Å². The quantitative estimate of drug-likeness (QED) is 0.219. The van der Waals surface area contributed by atoms with Gasteiger partial charge in [0.25, 0.3) is 0 Å². The maximum atomic E-state index is 13.7. The van der Waals surface area contributed by atoms with Gasteiger partial charge in [0.2, 0.25) is 0 Å². The predicted molar refractivity (Wildman–Crippen MR) is 157 cm³/mol. The number of carbonyl (C=O) groups excluding carboxylic acids is 2. The van der Waals surface area contributed by atoms with Crippen LogP contribution in [0.15, 0.2) is 78.9 Å². The third kappa shape index (κ3) is 6.87. The van der Waals surface area contributed by atoms with Gasteiger partial charge in [-0.3, -0.25) is 4.79 Å². The number of esters is 1. The first-order valence-electron chi connectivity index (χ1n) is 14.9. The lowest BCUT2D eigenvalue weighted by Crippen LogP contribution is -2.21. The molecule has 2 aliphatic carbocycles. The first-order chi connectivity index (χ1) is 19.0. The average molecular weight is 523 g/mol. The van der Waals surface area contributed by atoms with Crippen molar-refractivity contribution >= 4 is 11.8 Å². The molecular formula is C36H42O3. The van der Waals surface area contributed by atoms with Gasteiger partial charge in [0.05, 0.1) is 11.5 Å². The van der Waals surface area contributed by atoms with Crippen LogP contribution in [0, 0.1) is 11.8 Å². The third-order valence-corrected chi connectivity index (χ3v) is 9.22. The fraction of sp³-hybridized carbons (Fsp3) is 0.444. The first-order valence-corrected chi connectivity index (χ1v) is 14.9. The van der Waals surface area contributed by atoms with Crippen LogP contribution in [0.1, 0.15) is 120 Å². The fourth-order valence-electron chi connectivity index (χ4n) is 6.45. The van der Waals surface area contributed by atoms with E-state index in [4.69, 9.17) is 4.74 Å². The van der Waals surface area contributed by atoms with Gasteiger partial charge in [0.1, 0.15) is 6.61 Å². The number of benzene rings is 3. The van der Waals surface area contributed by atoms with Gasteiger partial charge in [0.15, 0.2) is 5.78 Å². The van der Waals surface area contributed by atoms with Crippen molar-refractivity contribution in [2.24, 2.45) is 11.8 Å². The SMILES string of the molecule is CC1CCC(c2ccc(C(=O)OCC(C(=O)c3ccc(C4CCC(C)CC4)cc3)c3ccccc3)cc2)CC1. The van der Waals surface area contributed by atoms with E-state index in [1.54, 1.807) is 0 Å². The Morgan fingerprint density at radius 1 is 0.641 bits per heavy atom. The average Bonchev–Trinajstić information content (AvgIpc) is 2.98. The van der Waals surface area contributed by atoms with E-state index >= 15 is 0 Å². The number of hydrogen-bond acceptors (Lipinski definition) is 3. The molecule has 204 valence electrons. The molecule has 2 saturated carbocycles. The summed E-state index contributed by atoms with van der Waals surface area (Å²) >= 11 is 0. The molecule has 0 amide bonds. The second-order valence-electron chi connectivity index (χ2n) is 12.1. The Morgan fingerprint density at radius 3 is 1.59 bits per heavy atom. The standard InChI is InChI=1S/C36H42O3/c1-25-8-12-27(13-9-25)29-16-20-32(21-17-29)35(37)34(31-6-4-3-5-7-31)24-39-36(38)33-22-18-30(19-23-33)28-14-10-26(2)11-15-28/h3-7,16-23,25-28,34H,8-15,24H2,1-2H3. The van der Waals surface area contributed by atoms with Gasteiger partial charge < -0.3 is 4.74 Å². The van der Waals surface area contributed by atoms with Crippen LogP contribution in [0.5, 0.6) is 0 Å². The summed E-state index contributed by atoms with van der Waals surface area (Å²) < 4.78 is 5.76. The second-order valence-corrected chi connectivity index (χ2v) is 12.1. The van der Waals surface area contributed by atoms with Crippen molar-refractivity contribution in [1.82, 2.24) is 0 Å². The summed E-state index contributed by atoms with van der Waals surface area (Å²) in [4.78, 5) is 26.7. The summed E-state index contributed by atoms with van der Waals surface area (Å²) in [6, 6.07) is 25.7. The Hall–Kier alpha value is -3.20. The maximum absolute atomic E-state index is 13.7. The predicted octanol–water partition coefficient (Wildman–Crippen LogP) is 9.10. The lowest BCUT2D eigenvalue weighted by atomic mass is 9.79. The molecule has 1 unspecified atom stereocenters. The Balaban J connectivity index is 1.25. The van der Waals surface area contributed by atoms with E-state index in [-0.39, 0.29) is 18.4 Å². The molecule has 0 N–H and O–H groups in total.